The third kappa shape index (κ3) is 5.32. The first-order chi connectivity index (χ1) is 15.8. The number of allylic oxidation sites excluding steroid dienone is 3. The topological polar surface area (TPSA) is 81.7 Å². The first kappa shape index (κ1) is 25.4. The number of carbonyl (C=O) groups excluding carboxylic acids is 3. The molecule has 6 nitrogen and oxygen atoms in total. The average molecular weight is 490 g/mol. The van der Waals surface area contributed by atoms with Crippen molar-refractivity contribution >= 4 is 41.2 Å². The highest BCUT2D eigenvalue weighted by Gasteiger charge is 2.47. The van der Waals surface area contributed by atoms with Gasteiger partial charge in [-0.25, -0.2) is 4.79 Å². The zero-order chi connectivity index (χ0) is 24.1. The Morgan fingerprint density at radius 3 is 2.52 bits per heavy atom. The lowest BCUT2D eigenvalue weighted by atomic mass is 9.69. The van der Waals surface area contributed by atoms with Gasteiger partial charge in [0.2, 0.25) is 0 Å². The number of methoxy groups -OCH3 is 1. The standard InChI is InChI=1S/C25H31NO5S2/c1-6-33-12-11-31-25(29)20-15(3)26-18-13-14(2)19(24(28)30-4)23(27)22(18)21(20)16-7-9-17(32-5)10-8-16/h7-10,14,19,21,26H,6,11-13H2,1-5H3/t14-,19-,21+/m0/s1. The van der Waals surface area contributed by atoms with Gasteiger partial charge in [-0.3, -0.25) is 9.59 Å². The summed E-state index contributed by atoms with van der Waals surface area (Å²) < 4.78 is 10.5. The van der Waals surface area contributed by atoms with E-state index in [-0.39, 0.29) is 11.7 Å². The third-order valence-electron chi connectivity index (χ3n) is 6.08. The van der Waals surface area contributed by atoms with Crippen LogP contribution in [0.4, 0.5) is 0 Å². The summed E-state index contributed by atoms with van der Waals surface area (Å²) in [6, 6.07) is 7.84. The van der Waals surface area contributed by atoms with Crippen LogP contribution < -0.4 is 5.32 Å². The van der Waals surface area contributed by atoms with Crippen molar-refractivity contribution < 1.29 is 23.9 Å². The van der Waals surface area contributed by atoms with Gasteiger partial charge in [-0.05, 0) is 49.0 Å². The van der Waals surface area contributed by atoms with Crippen LogP contribution in [0.15, 0.2) is 51.7 Å². The number of ether oxygens (including phenoxy) is 2. The van der Waals surface area contributed by atoms with E-state index < -0.39 is 23.8 Å². The van der Waals surface area contributed by atoms with Gasteiger partial charge in [-0.15, -0.1) is 11.8 Å². The Bertz CT molecular complexity index is 983. The van der Waals surface area contributed by atoms with Crippen molar-refractivity contribution in [3.63, 3.8) is 0 Å². The molecule has 3 atom stereocenters. The summed E-state index contributed by atoms with van der Waals surface area (Å²) in [5, 5.41) is 3.29. The van der Waals surface area contributed by atoms with Crippen LogP contribution in [0.1, 0.15) is 38.7 Å². The number of hydrogen-bond acceptors (Lipinski definition) is 8. The molecular formula is C25H31NO5S2. The molecule has 178 valence electrons. The predicted octanol–water partition coefficient (Wildman–Crippen LogP) is 4.32. The Balaban J connectivity index is 2.06. The fourth-order valence-corrected chi connectivity index (χ4v) is 5.39. The van der Waals surface area contributed by atoms with Crippen molar-refractivity contribution in [3.05, 3.63) is 52.4 Å². The van der Waals surface area contributed by atoms with E-state index in [0.29, 0.717) is 35.6 Å². The van der Waals surface area contributed by atoms with Gasteiger partial charge in [0.25, 0.3) is 0 Å². The summed E-state index contributed by atoms with van der Waals surface area (Å²) in [5.41, 5.74) is 3.14. The smallest absolute Gasteiger partial charge is 0.336 e. The summed E-state index contributed by atoms with van der Waals surface area (Å²) in [5.74, 6) is -1.31. The summed E-state index contributed by atoms with van der Waals surface area (Å²) >= 11 is 3.32. The van der Waals surface area contributed by atoms with Gasteiger partial charge < -0.3 is 14.8 Å². The van der Waals surface area contributed by atoms with Crippen molar-refractivity contribution in [1.82, 2.24) is 5.32 Å². The number of ketones is 1. The number of dihydropyridines is 1. The molecule has 0 saturated carbocycles. The van der Waals surface area contributed by atoms with Crippen molar-refractivity contribution in [3.8, 4) is 0 Å². The molecule has 0 aromatic heterocycles. The van der Waals surface area contributed by atoms with Crippen molar-refractivity contribution in [1.29, 1.82) is 0 Å². The predicted molar refractivity (Wildman–Crippen MR) is 132 cm³/mol. The maximum Gasteiger partial charge on any atom is 0.336 e. The lowest BCUT2D eigenvalue weighted by Crippen LogP contribution is -2.43. The van der Waals surface area contributed by atoms with E-state index in [1.54, 1.807) is 23.5 Å². The second kappa shape index (κ2) is 11.3. The average Bonchev–Trinajstić information content (AvgIpc) is 2.80. The minimum atomic E-state index is -0.889. The highest BCUT2D eigenvalue weighted by Crippen LogP contribution is 2.45. The molecule has 0 saturated heterocycles. The second-order valence-electron chi connectivity index (χ2n) is 8.14. The summed E-state index contributed by atoms with van der Waals surface area (Å²) in [4.78, 5) is 40.5. The zero-order valence-electron chi connectivity index (χ0n) is 19.7. The number of Topliss-reactive ketones (excluding diaryl/α,β-unsaturated/α-hetero) is 1. The van der Waals surface area contributed by atoms with Crippen LogP contribution >= 0.6 is 23.5 Å². The Hall–Kier alpha value is -2.19. The van der Waals surface area contributed by atoms with E-state index in [9.17, 15) is 14.4 Å². The SMILES string of the molecule is CCSCCOC(=O)C1=C(C)NC2=C(C(=O)[C@@H](C(=O)OC)[C@@H](C)C2)[C@@H]1c1ccc(SC)cc1. The fourth-order valence-electron chi connectivity index (χ4n) is 4.50. The molecule has 1 N–H and O–H groups in total. The molecule has 0 fully saturated rings. The molecule has 1 aliphatic heterocycles. The first-order valence-corrected chi connectivity index (χ1v) is 13.4. The molecule has 8 heteroatoms. The Morgan fingerprint density at radius 2 is 1.91 bits per heavy atom. The van der Waals surface area contributed by atoms with E-state index in [4.69, 9.17) is 9.47 Å². The lowest BCUT2D eigenvalue weighted by Gasteiger charge is -2.38. The third-order valence-corrected chi connectivity index (χ3v) is 7.68. The molecule has 0 radical (unpaired) electrons. The highest BCUT2D eigenvalue weighted by atomic mass is 32.2. The van der Waals surface area contributed by atoms with Crippen LogP contribution in [-0.4, -0.2) is 49.2 Å². The second-order valence-corrected chi connectivity index (χ2v) is 10.4. The van der Waals surface area contributed by atoms with Gasteiger partial charge in [-0.2, -0.15) is 11.8 Å². The van der Waals surface area contributed by atoms with Gasteiger partial charge >= 0.3 is 11.9 Å². The van der Waals surface area contributed by atoms with Crippen molar-refractivity contribution in [2.24, 2.45) is 11.8 Å². The summed E-state index contributed by atoms with van der Waals surface area (Å²) in [7, 11) is 1.30. The Morgan fingerprint density at radius 1 is 1.21 bits per heavy atom. The molecule has 0 spiro atoms. The number of thioether (sulfide) groups is 2. The van der Waals surface area contributed by atoms with E-state index in [1.807, 2.05) is 44.4 Å². The number of nitrogens with one attached hydrogen (secondary N) is 1. The molecule has 1 aliphatic carbocycles. The minimum Gasteiger partial charge on any atom is -0.468 e. The molecule has 33 heavy (non-hydrogen) atoms. The molecule has 1 heterocycles. The number of benzene rings is 1. The molecular weight excluding hydrogens is 458 g/mol. The van der Waals surface area contributed by atoms with Gasteiger partial charge in [0.05, 0.1) is 12.7 Å². The largest absolute Gasteiger partial charge is 0.468 e. The number of esters is 2. The maximum absolute atomic E-state index is 13.7. The molecule has 2 aliphatic rings. The Labute approximate surface area is 203 Å². The summed E-state index contributed by atoms with van der Waals surface area (Å²) in [6.45, 7) is 6.07. The lowest BCUT2D eigenvalue weighted by molar-refractivity contribution is -0.151. The maximum atomic E-state index is 13.7. The van der Waals surface area contributed by atoms with Gasteiger partial charge in [0.15, 0.2) is 5.78 Å². The van der Waals surface area contributed by atoms with Crippen LogP contribution in [-0.2, 0) is 23.9 Å². The quantitative estimate of drug-likeness (QED) is 0.250. The number of hydrogen-bond donors (Lipinski definition) is 1. The van der Waals surface area contributed by atoms with Crippen LogP contribution in [0.25, 0.3) is 0 Å². The molecule has 1 aromatic carbocycles. The monoisotopic (exact) mass is 489 g/mol. The molecule has 0 bridgehead atoms. The summed E-state index contributed by atoms with van der Waals surface area (Å²) in [6.07, 6.45) is 2.52. The van der Waals surface area contributed by atoms with Crippen LogP contribution in [0.3, 0.4) is 0 Å². The molecule has 0 amide bonds. The van der Waals surface area contributed by atoms with E-state index >= 15 is 0 Å². The van der Waals surface area contributed by atoms with Gasteiger partial charge in [-0.1, -0.05) is 26.0 Å². The minimum absolute atomic E-state index is 0.205. The number of rotatable bonds is 8. The molecule has 1 aromatic rings. The van der Waals surface area contributed by atoms with Crippen molar-refractivity contribution in [2.75, 3.05) is 31.5 Å². The Kier molecular flexibility index (Phi) is 8.70. The van der Waals surface area contributed by atoms with E-state index in [2.05, 4.69) is 12.2 Å². The number of carbonyl (C=O) groups is 3. The molecule has 0 unspecified atom stereocenters. The van der Waals surface area contributed by atoms with E-state index in [1.165, 1.54) is 7.11 Å². The normalized spacial score (nSPS) is 22.6. The van der Waals surface area contributed by atoms with Crippen LogP contribution in [0.2, 0.25) is 0 Å². The highest BCUT2D eigenvalue weighted by molar-refractivity contribution is 7.99. The van der Waals surface area contributed by atoms with Crippen LogP contribution in [0, 0.1) is 11.8 Å². The first-order valence-electron chi connectivity index (χ1n) is 11.1. The van der Waals surface area contributed by atoms with Gasteiger partial charge in [0, 0.05) is 33.5 Å². The zero-order valence-corrected chi connectivity index (χ0v) is 21.4. The fraction of sp³-hybridized carbons (Fsp3) is 0.480. The van der Waals surface area contributed by atoms with Crippen molar-refractivity contribution in [2.45, 2.75) is 38.0 Å². The van der Waals surface area contributed by atoms with E-state index in [0.717, 1.165) is 21.9 Å². The van der Waals surface area contributed by atoms with Crippen LogP contribution in [0.5, 0.6) is 0 Å². The van der Waals surface area contributed by atoms with Gasteiger partial charge in [0.1, 0.15) is 12.5 Å². The molecule has 3 rings (SSSR count).